The first kappa shape index (κ1) is 9.02. The number of fused-ring (bicyclic) bond motifs is 1. The molecule has 2 rings (SSSR count). The smallest absolute Gasteiger partial charge is 0.174 e. The van der Waals surface area contributed by atoms with Crippen molar-refractivity contribution >= 4 is 27.7 Å². The molecule has 14 heavy (non-hydrogen) atoms. The lowest BCUT2D eigenvalue weighted by Crippen LogP contribution is -1.79. The molecule has 0 amide bonds. The molecule has 0 radical (unpaired) electrons. The van der Waals surface area contributed by atoms with Gasteiger partial charge in [-0.15, -0.1) is 0 Å². The van der Waals surface area contributed by atoms with Crippen molar-refractivity contribution in [2.75, 3.05) is 7.11 Å². The Labute approximate surface area is 84.6 Å². The van der Waals surface area contributed by atoms with Crippen molar-refractivity contribution in [3.05, 3.63) is 23.8 Å². The molecule has 1 N–H and O–H groups in total. The minimum Gasteiger partial charge on any atom is -0.506 e. The van der Waals surface area contributed by atoms with Crippen LogP contribution in [0.4, 0.5) is 0 Å². The van der Waals surface area contributed by atoms with Crippen LogP contribution in [0.2, 0.25) is 0 Å². The van der Waals surface area contributed by atoms with Crippen molar-refractivity contribution < 1.29 is 14.6 Å². The molecule has 0 saturated carbocycles. The number of ether oxygens (including phenoxy) is 1. The molecule has 3 nitrogen and oxygen atoms in total. The highest BCUT2D eigenvalue weighted by Gasteiger charge is 2.09. The third-order valence-electron chi connectivity index (χ3n) is 2.00. The van der Waals surface area contributed by atoms with Gasteiger partial charge in [0.05, 0.1) is 17.4 Å². The van der Waals surface area contributed by atoms with Gasteiger partial charge in [-0.25, -0.2) is 0 Å². The molecule has 1 heterocycles. The number of thiophene rings is 1. The number of methoxy groups -OCH3 is 1. The van der Waals surface area contributed by atoms with Crippen LogP contribution in [0.25, 0.3) is 10.1 Å². The molecule has 2 aromatic rings. The number of phenols is 1. The maximum Gasteiger partial charge on any atom is 0.174 e. The van der Waals surface area contributed by atoms with Crippen molar-refractivity contribution in [1.82, 2.24) is 0 Å². The predicted octanol–water partition coefficient (Wildman–Crippen LogP) is 2.43. The number of hydrogen-bond donors (Lipinski definition) is 1. The molecular formula is C10H8O3S. The third-order valence-corrected chi connectivity index (χ3v) is 3.12. The number of aldehydes is 1. The van der Waals surface area contributed by atoms with Crippen LogP contribution in [-0.4, -0.2) is 18.5 Å². The van der Waals surface area contributed by atoms with Crippen LogP contribution >= 0.6 is 11.3 Å². The molecule has 1 aromatic heterocycles. The lowest BCUT2D eigenvalue weighted by Gasteiger charge is -1.96. The zero-order valence-corrected chi connectivity index (χ0v) is 8.30. The van der Waals surface area contributed by atoms with Crippen molar-refractivity contribution in [1.29, 1.82) is 0 Å². The molecule has 1 aromatic carbocycles. The van der Waals surface area contributed by atoms with Crippen molar-refractivity contribution in [2.45, 2.75) is 0 Å². The SMILES string of the molecule is COc1cc2ccc(C=O)c(O)c2s1. The normalized spacial score (nSPS) is 10.4. The van der Waals surface area contributed by atoms with E-state index in [2.05, 4.69) is 0 Å². The minimum atomic E-state index is 0.0331. The Morgan fingerprint density at radius 1 is 1.50 bits per heavy atom. The summed E-state index contributed by atoms with van der Waals surface area (Å²) in [6.45, 7) is 0. The first-order chi connectivity index (χ1) is 6.76. The quantitative estimate of drug-likeness (QED) is 0.771. The van der Waals surface area contributed by atoms with Crippen LogP contribution < -0.4 is 4.74 Å². The Morgan fingerprint density at radius 3 is 2.93 bits per heavy atom. The fourth-order valence-corrected chi connectivity index (χ4v) is 2.21. The standard InChI is InChI=1S/C10H8O3S/c1-13-8-4-6-2-3-7(5-11)9(12)10(6)14-8/h2-5,12H,1H3. The maximum atomic E-state index is 10.6. The highest BCUT2D eigenvalue weighted by atomic mass is 32.1. The zero-order valence-electron chi connectivity index (χ0n) is 7.48. The Bertz CT molecular complexity index is 487. The van der Waals surface area contributed by atoms with Gasteiger partial charge in [0.1, 0.15) is 5.75 Å². The highest BCUT2D eigenvalue weighted by molar-refractivity contribution is 7.21. The Hall–Kier alpha value is -1.55. The van der Waals surface area contributed by atoms with E-state index >= 15 is 0 Å². The molecule has 0 saturated heterocycles. The highest BCUT2D eigenvalue weighted by Crippen LogP contribution is 2.38. The molecule has 0 atom stereocenters. The summed E-state index contributed by atoms with van der Waals surface area (Å²) in [5.74, 6) is 0.0331. The average molecular weight is 208 g/mol. The van der Waals surface area contributed by atoms with Crippen LogP contribution in [0, 0.1) is 0 Å². The summed E-state index contributed by atoms with van der Waals surface area (Å²) in [5, 5.41) is 11.3. The van der Waals surface area contributed by atoms with E-state index in [-0.39, 0.29) is 5.75 Å². The number of benzene rings is 1. The minimum absolute atomic E-state index is 0.0331. The molecule has 72 valence electrons. The second-order valence-electron chi connectivity index (χ2n) is 2.81. The summed E-state index contributed by atoms with van der Waals surface area (Å²) < 4.78 is 5.73. The lowest BCUT2D eigenvalue weighted by atomic mass is 10.2. The monoisotopic (exact) mass is 208 g/mol. The van der Waals surface area contributed by atoms with Gasteiger partial charge in [-0.05, 0) is 12.1 Å². The lowest BCUT2D eigenvalue weighted by molar-refractivity contribution is 0.112. The van der Waals surface area contributed by atoms with Crippen molar-refractivity contribution in [2.24, 2.45) is 0 Å². The summed E-state index contributed by atoms with van der Waals surface area (Å²) in [5.41, 5.74) is 0.307. The summed E-state index contributed by atoms with van der Waals surface area (Å²) in [7, 11) is 1.57. The van der Waals surface area contributed by atoms with E-state index < -0.39 is 0 Å². The van der Waals surface area contributed by atoms with Crippen LogP contribution in [0.1, 0.15) is 10.4 Å². The van der Waals surface area contributed by atoms with E-state index in [1.165, 1.54) is 11.3 Å². The van der Waals surface area contributed by atoms with Crippen LogP contribution in [0.15, 0.2) is 18.2 Å². The van der Waals surface area contributed by atoms with E-state index in [1.807, 2.05) is 6.07 Å². The topological polar surface area (TPSA) is 46.5 Å². The summed E-state index contributed by atoms with van der Waals surface area (Å²) in [4.78, 5) is 10.6. The fourth-order valence-electron chi connectivity index (χ4n) is 1.28. The van der Waals surface area contributed by atoms with E-state index in [0.29, 0.717) is 16.5 Å². The van der Waals surface area contributed by atoms with E-state index in [4.69, 9.17) is 4.74 Å². The number of carbonyl (C=O) groups excluding carboxylic acids is 1. The number of hydrogen-bond acceptors (Lipinski definition) is 4. The molecule has 0 unspecified atom stereocenters. The van der Waals surface area contributed by atoms with Gasteiger partial charge >= 0.3 is 0 Å². The number of carbonyl (C=O) groups is 1. The predicted molar refractivity (Wildman–Crippen MR) is 55.4 cm³/mol. The Kier molecular flexibility index (Phi) is 2.13. The van der Waals surface area contributed by atoms with Gasteiger partial charge < -0.3 is 9.84 Å². The van der Waals surface area contributed by atoms with Crippen LogP contribution in [0.5, 0.6) is 10.8 Å². The molecule has 0 bridgehead atoms. The first-order valence-electron chi connectivity index (χ1n) is 4.01. The van der Waals surface area contributed by atoms with Gasteiger partial charge in [0, 0.05) is 5.39 Å². The largest absolute Gasteiger partial charge is 0.506 e. The molecule has 0 aliphatic carbocycles. The summed E-state index contributed by atoms with van der Waals surface area (Å²) in [6, 6.07) is 5.21. The molecule has 0 fully saturated rings. The molecule has 0 aliphatic heterocycles. The van der Waals surface area contributed by atoms with E-state index in [9.17, 15) is 9.90 Å². The Morgan fingerprint density at radius 2 is 2.29 bits per heavy atom. The molecular weight excluding hydrogens is 200 g/mol. The number of aromatic hydroxyl groups is 1. The second-order valence-corrected chi connectivity index (χ2v) is 3.82. The van der Waals surface area contributed by atoms with Gasteiger partial charge in [-0.1, -0.05) is 17.4 Å². The van der Waals surface area contributed by atoms with Gasteiger partial charge in [-0.3, -0.25) is 4.79 Å². The van der Waals surface area contributed by atoms with Crippen LogP contribution in [-0.2, 0) is 0 Å². The number of rotatable bonds is 2. The fraction of sp³-hybridized carbons (Fsp3) is 0.100. The molecule has 4 heteroatoms. The van der Waals surface area contributed by atoms with Crippen molar-refractivity contribution in [3.63, 3.8) is 0 Å². The molecule has 0 spiro atoms. The summed E-state index contributed by atoms with van der Waals surface area (Å²) >= 11 is 1.32. The number of phenolic OH excluding ortho intramolecular Hbond substituents is 1. The summed E-state index contributed by atoms with van der Waals surface area (Å²) in [6.07, 6.45) is 0.640. The first-order valence-corrected chi connectivity index (χ1v) is 4.82. The van der Waals surface area contributed by atoms with Crippen molar-refractivity contribution in [3.8, 4) is 10.8 Å². The molecule has 0 aliphatic rings. The van der Waals surface area contributed by atoms with E-state index in [0.717, 1.165) is 10.4 Å². The zero-order chi connectivity index (χ0) is 10.1. The van der Waals surface area contributed by atoms with Gasteiger partial charge in [0.25, 0.3) is 0 Å². The Balaban J connectivity index is 2.74. The average Bonchev–Trinajstić information content (AvgIpc) is 2.62. The third kappa shape index (κ3) is 1.24. The van der Waals surface area contributed by atoms with Gasteiger partial charge in [0.2, 0.25) is 0 Å². The van der Waals surface area contributed by atoms with Crippen LogP contribution in [0.3, 0.4) is 0 Å². The van der Waals surface area contributed by atoms with E-state index in [1.54, 1.807) is 19.2 Å². The second kappa shape index (κ2) is 3.31. The van der Waals surface area contributed by atoms with Gasteiger partial charge in [-0.2, -0.15) is 0 Å². The van der Waals surface area contributed by atoms with Gasteiger partial charge in [0.15, 0.2) is 11.3 Å². The maximum absolute atomic E-state index is 10.6.